The quantitative estimate of drug-likeness (QED) is 0.866. The standard InChI is InChI=1S/C11H11F6NO/c1-19-9-5-6(10(12,13)14)4-8(11(15,16)17)7(9)2-3-18/h4-5H,2-3,18H2,1H3. The van der Waals surface area contributed by atoms with E-state index in [9.17, 15) is 26.3 Å². The number of ether oxygens (including phenoxy) is 1. The molecular formula is C11H11F6NO. The summed E-state index contributed by atoms with van der Waals surface area (Å²) >= 11 is 0. The van der Waals surface area contributed by atoms with Crippen molar-refractivity contribution in [2.45, 2.75) is 18.8 Å². The van der Waals surface area contributed by atoms with E-state index in [0.717, 1.165) is 7.11 Å². The van der Waals surface area contributed by atoms with Gasteiger partial charge < -0.3 is 10.5 Å². The first kappa shape index (κ1) is 15.6. The lowest BCUT2D eigenvalue weighted by Crippen LogP contribution is -2.16. The van der Waals surface area contributed by atoms with Gasteiger partial charge in [-0.3, -0.25) is 0 Å². The van der Waals surface area contributed by atoms with Gasteiger partial charge in [-0.25, -0.2) is 0 Å². The van der Waals surface area contributed by atoms with Crippen LogP contribution in [0, 0.1) is 0 Å². The molecule has 1 aromatic rings. The number of benzene rings is 1. The maximum Gasteiger partial charge on any atom is 0.416 e. The molecule has 0 aliphatic heterocycles. The normalized spacial score (nSPS) is 12.6. The Morgan fingerprint density at radius 1 is 1.05 bits per heavy atom. The summed E-state index contributed by atoms with van der Waals surface area (Å²) in [6.07, 6.45) is -10.0. The van der Waals surface area contributed by atoms with Crippen LogP contribution in [0.1, 0.15) is 16.7 Å². The second-order valence-corrected chi connectivity index (χ2v) is 3.74. The predicted octanol–water partition coefficient (Wildman–Crippen LogP) is 3.23. The fraction of sp³-hybridized carbons (Fsp3) is 0.455. The first-order valence-corrected chi connectivity index (χ1v) is 5.16. The van der Waals surface area contributed by atoms with Crippen LogP contribution in [0.15, 0.2) is 12.1 Å². The van der Waals surface area contributed by atoms with E-state index in [4.69, 9.17) is 5.73 Å². The fourth-order valence-electron chi connectivity index (χ4n) is 1.65. The molecule has 1 rings (SSSR count). The largest absolute Gasteiger partial charge is 0.496 e. The lowest BCUT2D eigenvalue weighted by Gasteiger charge is -2.18. The average molecular weight is 287 g/mol. The van der Waals surface area contributed by atoms with Gasteiger partial charge in [0.1, 0.15) is 5.75 Å². The van der Waals surface area contributed by atoms with Crippen molar-refractivity contribution in [1.29, 1.82) is 0 Å². The molecule has 1 aromatic carbocycles. The van der Waals surface area contributed by atoms with Crippen LogP contribution in [-0.4, -0.2) is 13.7 Å². The molecular weight excluding hydrogens is 276 g/mol. The topological polar surface area (TPSA) is 35.2 Å². The highest BCUT2D eigenvalue weighted by molar-refractivity contribution is 5.46. The first-order chi connectivity index (χ1) is 8.61. The molecule has 0 fully saturated rings. The maximum atomic E-state index is 12.8. The molecule has 0 aromatic heterocycles. The van der Waals surface area contributed by atoms with Crippen LogP contribution in [0.5, 0.6) is 5.75 Å². The Morgan fingerprint density at radius 3 is 2.00 bits per heavy atom. The van der Waals surface area contributed by atoms with Gasteiger partial charge in [0.2, 0.25) is 0 Å². The second kappa shape index (κ2) is 5.28. The Labute approximate surface area is 105 Å². The van der Waals surface area contributed by atoms with Crippen molar-refractivity contribution in [2.75, 3.05) is 13.7 Å². The van der Waals surface area contributed by atoms with E-state index in [0.29, 0.717) is 6.07 Å². The predicted molar refractivity (Wildman–Crippen MR) is 55.8 cm³/mol. The summed E-state index contributed by atoms with van der Waals surface area (Å²) in [6, 6.07) is 0.619. The van der Waals surface area contributed by atoms with Gasteiger partial charge in [0.15, 0.2) is 0 Å². The number of halogens is 6. The minimum absolute atomic E-state index is 0.0769. The van der Waals surface area contributed by atoms with Gasteiger partial charge in [-0.05, 0) is 25.1 Å². The highest BCUT2D eigenvalue weighted by Crippen LogP contribution is 2.41. The first-order valence-electron chi connectivity index (χ1n) is 5.16. The molecule has 0 amide bonds. The third-order valence-electron chi connectivity index (χ3n) is 2.46. The van der Waals surface area contributed by atoms with E-state index in [1.807, 2.05) is 0 Å². The Bertz CT molecular complexity index is 452. The van der Waals surface area contributed by atoms with E-state index >= 15 is 0 Å². The highest BCUT2D eigenvalue weighted by atomic mass is 19.4. The number of methoxy groups -OCH3 is 1. The van der Waals surface area contributed by atoms with Gasteiger partial charge in [-0.1, -0.05) is 0 Å². The lowest BCUT2D eigenvalue weighted by atomic mass is 9.99. The Balaban J connectivity index is 3.55. The van der Waals surface area contributed by atoms with Crippen molar-refractivity contribution in [1.82, 2.24) is 0 Å². The highest BCUT2D eigenvalue weighted by Gasteiger charge is 2.39. The van der Waals surface area contributed by atoms with Crippen LogP contribution in [0.25, 0.3) is 0 Å². The number of hydrogen-bond acceptors (Lipinski definition) is 2. The smallest absolute Gasteiger partial charge is 0.416 e. The Morgan fingerprint density at radius 2 is 1.63 bits per heavy atom. The molecule has 0 radical (unpaired) electrons. The van der Waals surface area contributed by atoms with Gasteiger partial charge in [0, 0.05) is 5.56 Å². The molecule has 0 heterocycles. The van der Waals surface area contributed by atoms with E-state index in [1.54, 1.807) is 0 Å². The molecule has 108 valence electrons. The SMILES string of the molecule is COc1cc(C(F)(F)F)cc(C(F)(F)F)c1CCN. The average Bonchev–Trinajstić information content (AvgIpc) is 2.26. The van der Waals surface area contributed by atoms with Crippen LogP contribution < -0.4 is 10.5 Å². The molecule has 0 aliphatic rings. The summed E-state index contributed by atoms with van der Waals surface area (Å²) < 4.78 is 80.6. The van der Waals surface area contributed by atoms with E-state index in [2.05, 4.69) is 4.74 Å². The summed E-state index contributed by atoms with van der Waals surface area (Å²) in [5, 5.41) is 0. The number of nitrogens with two attached hydrogens (primary N) is 1. The zero-order valence-electron chi connectivity index (χ0n) is 9.82. The third-order valence-corrected chi connectivity index (χ3v) is 2.46. The molecule has 0 saturated carbocycles. The van der Waals surface area contributed by atoms with Crippen LogP contribution in [0.4, 0.5) is 26.3 Å². The van der Waals surface area contributed by atoms with E-state index in [1.165, 1.54) is 0 Å². The van der Waals surface area contributed by atoms with E-state index in [-0.39, 0.29) is 24.6 Å². The van der Waals surface area contributed by atoms with E-state index < -0.39 is 29.2 Å². The number of alkyl halides is 6. The Kier molecular flexibility index (Phi) is 4.34. The molecule has 0 spiro atoms. The van der Waals surface area contributed by atoms with Crippen LogP contribution in [0.2, 0.25) is 0 Å². The molecule has 0 bridgehead atoms. The third kappa shape index (κ3) is 3.52. The number of rotatable bonds is 3. The summed E-state index contributed by atoms with van der Waals surface area (Å²) in [5.74, 6) is -0.465. The van der Waals surface area contributed by atoms with Gasteiger partial charge in [0.05, 0.1) is 18.2 Å². The molecule has 19 heavy (non-hydrogen) atoms. The second-order valence-electron chi connectivity index (χ2n) is 3.74. The summed E-state index contributed by atoms with van der Waals surface area (Å²) in [4.78, 5) is 0. The fourth-order valence-corrected chi connectivity index (χ4v) is 1.65. The van der Waals surface area contributed by atoms with Crippen molar-refractivity contribution in [3.8, 4) is 5.75 Å². The zero-order valence-corrected chi connectivity index (χ0v) is 9.82. The minimum Gasteiger partial charge on any atom is -0.496 e. The molecule has 0 aliphatic carbocycles. The van der Waals surface area contributed by atoms with Crippen molar-refractivity contribution in [3.05, 3.63) is 28.8 Å². The van der Waals surface area contributed by atoms with Gasteiger partial charge >= 0.3 is 12.4 Å². The van der Waals surface area contributed by atoms with Crippen molar-refractivity contribution >= 4 is 0 Å². The molecule has 8 heteroatoms. The molecule has 0 unspecified atom stereocenters. The maximum absolute atomic E-state index is 12.8. The van der Waals surface area contributed by atoms with Gasteiger partial charge in [-0.15, -0.1) is 0 Å². The van der Waals surface area contributed by atoms with Crippen LogP contribution in [0.3, 0.4) is 0 Å². The molecule has 2 N–H and O–H groups in total. The van der Waals surface area contributed by atoms with Gasteiger partial charge in [-0.2, -0.15) is 26.3 Å². The zero-order chi connectivity index (χ0) is 14.8. The lowest BCUT2D eigenvalue weighted by molar-refractivity contribution is -0.143. The Hall–Kier alpha value is -1.44. The van der Waals surface area contributed by atoms with Crippen LogP contribution >= 0.6 is 0 Å². The molecule has 0 saturated heterocycles. The van der Waals surface area contributed by atoms with Crippen molar-refractivity contribution in [2.24, 2.45) is 5.73 Å². The molecule has 2 nitrogen and oxygen atoms in total. The number of hydrogen-bond donors (Lipinski definition) is 1. The van der Waals surface area contributed by atoms with Crippen molar-refractivity contribution in [3.63, 3.8) is 0 Å². The van der Waals surface area contributed by atoms with Crippen LogP contribution in [-0.2, 0) is 18.8 Å². The monoisotopic (exact) mass is 287 g/mol. The minimum atomic E-state index is -4.90. The summed E-state index contributed by atoms with van der Waals surface area (Å²) in [7, 11) is 1.01. The van der Waals surface area contributed by atoms with Crippen molar-refractivity contribution < 1.29 is 31.1 Å². The molecule has 0 atom stereocenters. The summed E-state index contributed by atoms with van der Waals surface area (Å²) in [6.45, 7) is -0.134. The van der Waals surface area contributed by atoms with Gasteiger partial charge in [0.25, 0.3) is 0 Å². The summed E-state index contributed by atoms with van der Waals surface area (Å²) in [5.41, 5.74) is 2.03.